The van der Waals surface area contributed by atoms with Gasteiger partial charge in [-0.15, -0.1) is 0 Å². The molecule has 1 aliphatic carbocycles. The van der Waals surface area contributed by atoms with Crippen molar-refractivity contribution < 1.29 is 8.42 Å². The van der Waals surface area contributed by atoms with Crippen molar-refractivity contribution in [2.75, 3.05) is 18.8 Å². The first-order valence-electron chi connectivity index (χ1n) is 5.01. The molecule has 0 aromatic rings. The molecule has 0 heterocycles. The van der Waals surface area contributed by atoms with E-state index in [9.17, 15) is 8.42 Å². The molecule has 0 spiro atoms. The van der Waals surface area contributed by atoms with Gasteiger partial charge in [-0.05, 0) is 18.8 Å². The fourth-order valence-electron chi connectivity index (χ4n) is 1.28. The van der Waals surface area contributed by atoms with Crippen LogP contribution in [0.2, 0.25) is 0 Å². The van der Waals surface area contributed by atoms with Gasteiger partial charge in [0.2, 0.25) is 10.0 Å². The van der Waals surface area contributed by atoms with E-state index in [-0.39, 0.29) is 12.3 Å². The molecular weight excluding hydrogens is 216 g/mol. The molecule has 1 saturated carbocycles. The lowest BCUT2D eigenvalue weighted by Crippen LogP contribution is -2.37. The van der Waals surface area contributed by atoms with Crippen LogP contribution in [0.1, 0.15) is 19.3 Å². The quantitative estimate of drug-likeness (QED) is 0.417. The van der Waals surface area contributed by atoms with Gasteiger partial charge in [0, 0.05) is 13.1 Å². The molecule has 0 amide bonds. The Morgan fingerprint density at radius 2 is 2.13 bits per heavy atom. The highest BCUT2D eigenvalue weighted by molar-refractivity contribution is 7.89. The normalized spacial score (nSPS) is 18.6. The van der Waals surface area contributed by atoms with Gasteiger partial charge in [0.1, 0.15) is 0 Å². The number of nitrogens with zero attached hydrogens (tertiary/aromatic N) is 1. The summed E-state index contributed by atoms with van der Waals surface area (Å²) in [7, 11) is -3.42. The van der Waals surface area contributed by atoms with Crippen LogP contribution in [0.5, 0.6) is 0 Å². The van der Waals surface area contributed by atoms with Gasteiger partial charge in [0.15, 0.2) is 5.96 Å². The van der Waals surface area contributed by atoms with Crippen LogP contribution in [-0.4, -0.2) is 33.2 Å². The van der Waals surface area contributed by atoms with Crippen LogP contribution in [-0.2, 0) is 10.0 Å². The molecule has 6 nitrogen and oxygen atoms in total. The Morgan fingerprint density at radius 3 is 2.60 bits per heavy atom. The van der Waals surface area contributed by atoms with E-state index in [2.05, 4.69) is 10.3 Å². The highest BCUT2D eigenvalue weighted by Crippen LogP contribution is 2.26. The van der Waals surface area contributed by atoms with E-state index in [1.165, 1.54) is 19.3 Å². The highest BCUT2D eigenvalue weighted by atomic mass is 32.2. The van der Waals surface area contributed by atoms with E-state index >= 15 is 0 Å². The summed E-state index contributed by atoms with van der Waals surface area (Å²) in [5, 5.41) is 7.54. The van der Waals surface area contributed by atoms with Crippen molar-refractivity contribution in [3.63, 3.8) is 0 Å². The summed E-state index contributed by atoms with van der Waals surface area (Å²) in [5.74, 6) is 0.821. The lowest BCUT2D eigenvalue weighted by molar-refractivity contribution is 0.326. The number of hydrogen-bond acceptors (Lipinski definition) is 3. The number of aliphatic imine (C=N–C) groups is 1. The minimum Gasteiger partial charge on any atom is -0.370 e. The van der Waals surface area contributed by atoms with Crippen LogP contribution in [0.4, 0.5) is 0 Å². The first-order chi connectivity index (χ1) is 6.97. The molecule has 15 heavy (non-hydrogen) atoms. The average molecular weight is 234 g/mol. The van der Waals surface area contributed by atoms with E-state index in [4.69, 9.17) is 10.9 Å². The number of nitrogens with one attached hydrogen (secondary N) is 1. The molecule has 0 aliphatic heterocycles. The maximum atomic E-state index is 10.6. The van der Waals surface area contributed by atoms with Gasteiger partial charge >= 0.3 is 0 Å². The predicted molar refractivity (Wildman–Crippen MR) is 59.8 cm³/mol. The Labute approximate surface area is 90.2 Å². The number of hydrogen-bond donors (Lipinski definition) is 3. The topological polar surface area (TPSA) is 111 Å². The highest BCUT2D eigenvalue weighted by Gasteiger charge is 2.16. The van der Waals surface area contributed by atoms with Gasteiger partial charge in [-0.1, -0.05) is 6.42 Å². The molecule has 0 saturated heterocycles. The molecule has 0 bridgehead atoms. The summed E-state index contributed by atoms with van der Waals surface area (Å²) in [5.41, 5.74) is 5.53. The lowest BCUT2D eigenvalue weighted by Gasteiger charge is -2.23. The number of guanidine groups is 1. The smallest absolute Gasteiger partial charge is 0.210 e. The summed E-state index contributed by atoms with van der Waals surface area (Å²) in [6, 6.07) is 0. The Hall–Kier alpha value is -0.820. The van der Waals surface area contributed by atoms with Gasteiger partial charge in [0.05, 0.1) is 5.75 Å². The third-order valence-electron chi connectivity index (χ3n) is 2.44. The molecule has 0 unspecified atom stereocenters. The van der Waals surface area contributed by atoms with Gasteiger partial charge in [0.25, 0.3) is 0 Å². The number of primary sulfonamides is 1. The van der Waals surface area contributed by atoms with Crippen LogP contribution < -0.4 is 16.2 Å². The van der Waals surface area contributed by atoms with Gasteiger partial charge < -0.3 is 11.1 Å². The number of nitrogens with two attached hydrogens (primary N) is 2. The Kier molecular flexibility index (Phi) is 4.34. The van der Waals surface area contributed by atoms with Crippen molar-refractivity contribution in [1.82, 2.24) is 5.32 Å². The molecule has 0 aromatic heterocycles. The first-order valence-corrected chi connectivity index (χ1v) is 6.73. The molecule has 88 valence electrons. The van der Waals surface area contributed by atoms with Crippen molar-refractivity contribution in [3.8, 4) is 0 Å². The Morgan fingerprint density at radius 1 is 1.47 bits per heavy atom. The second-order valence-corrected chi connectivity index (χ2v) is 5.55. The molecular formula is C8H18N4O2S. The zero-order valence-corrected chi connectivity index (χ0v) is 9.46. The average Bonchev–Trinajstić information content (AvgIpc) is 1.98. The summed E-state index contributed by atoms with van der Waals surface area (Å²) in [6.45, 7) is 0.938. The second kappa shape index (κ2) is 5.32. The first kappa shape index (κ1) is 12.3. The van der Waals surface area contributed by atoms with Crippen LogP contribution in [0, 0.1) is 5.92 Å². The summed E-state index contributed by atoms with van der Waals surface area (Å²) < 4.78 is 21.2. The maximum Gasteiger partial charge on any atom is 0.210 e. The monoisotopic (exact) mass is 234 g/mol. The minimum atomic E-state index is -3.42. The molecule has 0 aromatic carbocycles. The fraction of sp³-hybridized carbons (Fsp3) is 0.875. The molecule has 0 atom stereocenters. The SMILES string of the molecule is NC(=NCC1CCC1)NCCS(N)(=O)=O. The summed E-state index contributed by atoms with van der Waals surface area (Å²) >= 11 is 0. The third kappa shape index (κ3) is 5.58. The van der Waals surface area contributed by atoms with E-state index in [0.717, 1.165) is 6.54 Å². The van der Waals surface area contributed by atoms with Gasteiger partial charge in [-0.2, -0.15) is 0 Å². The summed E-state index contributed by atoms with van der Waals surface area (Å²) in [4.78, 5) is 4.11. The second-order valence-electron chi connectivity index (χ2n) is 3.82. The number of sulfonamides is 1. The van der Waals surface area contributed by atoms with Crippen LogP contribution in [0.25, 0.3) is 0 Å². The maximum absolute atomic E-state index is 10.6. The Bertz CT molecular complexity index is 322. The van der Waals surface area contributed by atoms with E-state index in [0.29, 0.717) is 11.9 Å². The van der Waals surface area contributed by atoms with Crippen LogP contribution in [0.3, 0.4) is 0 Å². The number of rotatable bonds is 5. The predicted octanol–water partition coefficient (Wildman–Crippen LogP) is -1.02. The van der Waals surface area contributed by atoms with Crippen molar-refractivity contribution in [2.45, 2.75) is 19.3 Å². The van der Waals surface area contributed by atoms with Gasteiger partial charge in [-0.25, -0.2) is 13.6 Å². The van der Waals surface area contributed by atoms with Crippen molar-refractivity contribution in [3.05, 3.63) is 0 Å². The van der Waals surface area contributed by atoms with E-state index < -0.39 is 10.0 Å². The molecule has 1 rings (SSSR count). The van der Waals surface area contributed by atoms with E-state index in [1.54, 1.807) is 0 Å². The Balaban J connectivity index is 2.14. The zero-order valence-electron chi connectivity index (χ0n) is 8.65. The van der Waals surface area contributed by atoms with Gasteiger partial charge in [-0.3, -0.25) is 4.99 Å². The summed E-state index contributed by atoms with van der Waals surface area (Å²) in [6.07, 6.45) is 3.71. The van der Waals surface area contributed by atoms with Crippen LogP contribution in [0.15, 0.2) is 4.99 Å². The van der Waals surface area contributed by atoms with Crippen molar-refractivity contribution >= 4 is 16.0 Å². The fourth-order valence-corrected chi connectivity index (χ4v) is 1.67. The minimum absolute atomic E-state index is 0.132. The molecule has 0 radical (unpaired) electrons. The zero-order chi connectivity index (χ0) is 11.3. The third-order valence-corrected chi connectivity index (χ3v) is 3.21. The van der Waals surface area contributed by atoms with E-state index in [1.807, 2.05) is 0 Å². The molecule has 1 fully saturated rings. The van der Waals surface area contributed by atoms with Crippen molar-refractivity contribution in [1.29, 1.82) is 0 Å². The van der Waals surface area contributed by atoms with Crippen LogP contribution >= 0.6 is 0 Å². The largest absolute Gasteiger partial charge is 0.370 e. The lowest BCUT2D eigenvalue weighted by atomic mass is 9.86. The molecule has 5 N–H and O–H groups in total. The standard InChI is InChI=1S/C8H18N4O2S/c9-8(11-4-5-15(10,13)14)12-6-7-2-1-3-7/h7H,1-6H2,(H3,9,11,12)(H2,10,13,14). The molecule has 1 aliphatic rings. The van der Waals surface area contributed by atoms with Crippen molar-refractivity contribution in [2.24, 2.45) is 21.8 Å². The molecule has 7 heteroatoms.